The van der Waals surface area contributed by atoms with Crippen LogP contribution in [-0.4, -0.2) is 30.7 Å². The largest absolute Gasteiger partial charge is 0.393 e. The summed E-state index contributed by atoms with van der Waals surface area (Å²) in [6, 6.07) is -0.269. The second-order valence-corrected chi connectivity index (χ2v) is 6.41. The van der Waals surface area contributed by atoms with E-state index in [-0.39, 0.29) is 31.3 Å². The monoisotopic (exact) mass is 306 g/mol. The van der Waals surface area contributed by atoms with Crippen LogP contribution in [0.4, 0.5) is 13.2 Å². The average Bonchev–Trinajstić information content (AvgIpc) is 2.47. The van der Waals surface area contributed by atoms with Crippen molar-refractivity contribution in [3.8, 4) is 0 Å². The smallest absolute Gasteiger partial charge is 0.352 e. The van der Waals surface area contributed by atoms with Crippen molar-refractivity contribution in [2.45, 2.75) is 70.1 Å². The number of hydrogen-bond acceptors (Lipinski definition) is 2. The molecule has 21 heavy (non-hydrogen) atoms. The predicted octanol–water partition coefficient (Wildman–Crippen LogP) is 3.00. The van der Waals surface area contributed by atoms with Crippen LogP contribution in [-0.2, 0) is 4.79 Å². The Bertz CT molecular complexity index is 343. The van der Waals surface area contributed by atoms with Crippen molar-refractivity contribution in [1.82, 2.24) is 10.6 Å². The first-order chi connectivity index (χ1) is 9.90. The third-order valence-corrected chi connectivity index (χ3v) is 4.96. The van der Waals surface area contributed by atoms with E-state index in [4.69, 9.17) is 0 Å². The van der Waals surface area contributed by atoms with Crippen LogP contribution >= 0.6 is 0 Å². The van der Waals surface area contributed by atoms with Gasteiger partial charge in [-0.1, -0.05) is 13.3 Å². The van der Waals surface area contributed by atoms with Gasteiger partial charge in [0.1, 0.15) is 0 Å². The number of carbonyl (C=O) groups is 1. The van der Waals surface area contributed by atoms with E-state index in [0.29, 0.717) is 0 Å². The van der Waals surface area contributed by atoms with E-state index in [9.17, 15) is 18.0 Å². The third kappa shape index (κ3) is 4.59. The van der Waals surface area contributed by atoms with Gasteiger partial charge in [0.05, 0.1) is 12.0 Å². The molecular formula is C15H25F3N2O. The fraction of sp³-hybridized carbons (Fsp3) is 0.933. The van der Waals surface area contributed by atoms with Gasteiger partial charge in [0.25, 0.3) is 0 Å². The maximum Gasteiger partial charge on any atom is 0.393 e. The van der Waals surface area contributed by atoms with Crippen molar-refractivity contribution >= 4 is 5.91 Å². The zero-order valence-corrected chi connectivity index (χ0v) is 12.5. The first kappa shape index (κ1) is 16.6. The molecule has 0 spiro atoms. The van der Waals surface area contributed by atoms with Gasteiger partial charge in [0.15, 0.2) is 0 Å². The summed E-state index contributed by atoms with van der Waals surface area (Å²) in [6.07, 6.45) is 1.57. The van der Waals surface area contributed by atoms with Crippen LogP contribution in [0.5, 0.6) is 0 Å². The first-order valence-corrected chi connectivity index (χ1v) is 8.00. The lowest BCUT2D eigenvalue weighted by Gasteiger charge is -2.33. The second kappa shape index (κ2) is 6.99. The summed E-state index contributed by atoms with van der Waals surface area (Å²) < 4.78 is 37.7. The van der Waals surface area contributed by atoms with E-state index in [1.807, 2.05) is 0 Å². The van der Waals surface area contributed by atoms with Gasteiger partial charge in [0.2, 0.25) is 5.91 Å². The lowest BCUT2D eigenvalue weighted by molar-refractivity contribution is -0.180. The van der Waals surface area contributed by atoms with E-state index in [0.717, 1.165) is 31.6 Å². The van der Waals surface area contributed by atoms with Crippen LogP contribution in [0.1, 0.15) is 51.9 Å². The van der Waals surface area contributed by atoms with E-state index < -0.39 is 18.1 Å². The van der Waals surface area contributed by atoms with Crippen molar-refractivity contribution in [2.24, 2.45) is 11.8 Å². The molecule has 0 aromatic carbocycles. The maximum absolute atomic E-state index is 12.6. The summed E-state index contributed by atoms with van der Waals surface area (Å²) in [4.78, 5) is 12.1. The SMILES string of the molecule is CCC1CCC(NC(=O)C2CCC(C(F)(F)F)CN2)CC1. The molecule has 0 aromatic rings. The Morgan fingerprint density at radius 3 is 2.29 bits per heavy atom. The molecule has 1 saturated carbocycles. The summed E-state index contributed by atoms with van der Waals surface area (Å²) >= 11 is 0. The van der Waals surface area contributed by atoms with Gasteiger partial charge in [0, 0.05) is 12.6 Å². The van der Waals surface area contributed by atoms with Gasteiger partial charge in [-0.25, -0.2) is 0 Å². The molecule has 2 rings (SSSR count). The third-order valence-electron chi connectivity index (χ3n) is 4.96. The Hall–Kier alpha value is -0.780. The number of rotatable bonds is 3. The van der Waals surface area contributed by atoms with Crippen LogP contribution in [0.2, 0.25) is 0 Å². The van der Waals surface area contributed by atoms with Crippen molar-refractivity contribution in [2.75, 3.05) is 6.54 Å². The molecule has 2 aliphatic rings. The maximum atomic E-state index is 12.6. The minimum Gasteiger partial charge on any atom is -0.352 e. The van der Waals surface area contributed by atoms with Gasteiger partial charge in [-0.05, 0) is 44.4 Å². The second-order valence-electron chi connectivity index (χ2n) is 6.41. The highest BCUT2D eigenvalue weighted by Crippen LogP contribution is 2.32. The molecule has 1 aliphatic carbocycles. The normalized spacial score (nSPS) is 34.5. The fourth-order valence-electron chi connectivity index (χ4n) is 3.38. The Kier molecular flexibility index (Phi) is 5.52. The number of nitrogens with one attached hydrogen (secondary N) is 2. The highest BCUT2D eigenvalue weighted by molar-refractivity contribution is 5.82. The molecule has 1 heterocycles. The number of alkyl halides is 3. The summed E-state index contributed by atoms with van der Waals surface area (Å²) in [6.45, 7) is 2.04. The predicted molar refractivity (Wildman–Crippen MR) is 74.7 cm³/mol. The fourth-order valence-corrected chi connectivity index (χ4v) is 3.38. The van der Waals surface area contributed by atoms with Gasteiger partial charge >= 0.3 is 6.18 Å². The Balaban J connectivity index is 1.73. The number of amides is 1. The van der Waals surface area contributed by atoms with Crippen LogP contribution in [0.15, 0.2) is 0 Å². The van der Waals surface area contributed by atoms with E-state index in [2.05, 4.69) is 17.6 Å². The molecule has 0 radical (unpaired) electrons. The number of carbonyl (C=O) groups excluding carboxylic acids is 1. The van der Waals surface area contributed by atoms with Crippen molar-refractivity contribution in [3.63, 3.8) is 0 Å². The lowest BCUT2D eigenvalue weighted by Crippen LogP contribution is -2.53. The Labute approximate surface area is 124 Å². The van der Waals surface area contributed by atoms with E-state index >= 15 is 0 Å². The van der Waals surface area contributed by atoms with Gasteiger partial charge in [-0.2, -0.15) is 13.2 Å². The molecule has 122 valence electrons. The molecule has 0 bridgehead atoms. The quantitative estimate of drug-likeness (QED) is 0.841. The number of hydrogen-bond donors (Lipinski definition) is 2. The zero-order valence-electron chi connectivity index (χ0n) is 12.5. The van der Waals surface area contributed by atoms with Crippen LogP contribution < -0.4 is 10.6 Å². The van der Waals surface area contributed by atoms with Crippen molar-refractivity contribution in [3.05, 3.63) is 0 Å². The Morgan fingerprint density at radius 2 is 1.81 bits per heavy atom. The standard InChI is InChI=1S/C15H25F3N2O/c1-2-10-3-6-12(7-4-10)20-14(21)13-8-5-11(9-19-13)15(16,17)18/h10-13,19H,2-9H2,1H3,(H,20,21). The van der Waals surface area contributed by atoms with Crippen LogP contribution in [0.25, 0.3) is 0 Å². The molecule has 3 nitrogen and oxygen atoms in total. The van der Waals surface area contributed by atoms with Crippen LogP contribution in [0.3, 0.4) is 0 Å². The lowest BCUT2D eigenvalue weighted by atomic mass is 9.84. The molecule has 2 fully saturated rings. The summed E-state index contributed by atoms with van der Waals surface area (Å²) in [5, 5.41) is 5.76. The van der Waals surface area contributed by atoms with E-state index in [1.165, 1.54) is 6.42 Å². The summed E-state index contributed by atoms with van der Waals surface area (Å²) in [7, 11) is 0. The molecule has 0 aromatic heterocycles. The summed E-state index contributed by atoms with van der Waals surface area (Å²) in [5.74, 6) is -0.685. The van der Waals surface area contributed by atoms with E-state index in [1.54, 1.807) is 0 Å². The molecule has 1 saturated heterocycles. The van der Waals surface area contributed by atoms with Crippen molar-refractivity contribution in [1.29, 1.82) is 0 Å². The highest BCUT2D eigenvalue weighted by atomic mass is 19.4. The molecule has 1 aliphatic heterocycles. The number of piperidine rings is 1. The number of halogens is 3. The Morgan fingerprint density at radius 1 is 1.14 bits per heavy atom. The molecular weight excluding hydrogens is 281 g/mol. The topological polar surface area (TPSA) is 41.1 Å². The van der Waals surface area contributed by atoms with Gasteiger partial charge in [-0.15, -0.1) is 0 Å². The van der Waals surface area contributed by atoms with Crippen molar-refractivity contribution < 1.29 is 18.0 Å². The summed E-state index contributed by atoms with van der Waals surface area (Å²) in [5.41, 5.74) is 0. The minimum absolute atomic E-state index is 0.0389. The van der Waals surface area contributed by atoms with Gasteiger partial charge < -0.3 is 10.6 Å². The molecule has 6 heteroatoms. The molecule has 2 N–H and O–H groups in total. The highest BCUT2D eigenvalue weighted by Gasteiger charge is 2.42. The first-order valence-electron chi connectivity index (χ1n) is 8.00. The molecule has 2 atom stereocenters. The molecule has 1 amide bonds. The van der Waals surface area contributed by atoms with Crippen LogP contribution in [0, 0.1) is 11.8 Å². The van der Waals surface area contributed by atoms with Gasteiger partial charge in [-0.3, -0.25) is 4.79 Å². The minimum atomic E-state index is -4.16. The molecule has 2 unspecified atom stereocenters. The zero-order chi connectivity index (χ0) is 15.5. The average molecular weight is 306 g/mol.